The van der Waals surface area contributed by atoms with Crippen LogP contribution in [0, 0.1) is 0 Å². The largest absolute Gasteiger partial charge is 0.478 e. The highest BCUT2D eigenvalue weighted by Gasteiger charge is 2.02. The first-order chi connectivity index (χ1) is 8.09. The first-order valence-corrected chi connectivity index (χ1v) is 5.67. The second-order valence-electron chi connectivity index (χ2n) is 4.17. The summed E-state index contributed by atoms with van der Waals surface area (Å²) in [6, 6.07) is 3.24. The summed E-state index contributed by atoms with van der Waals surface area (Å²) in [5.41, 5.74) is 0.211. The number of hydrogen-bond acceptors (Lipinski definition) is 4. The zero-order valence-electron chi connectivity index (χ0n) is 10.3. The van der Waals surface area contributed by atoms with Crippen LogP contribution in [0.4, 0.5) is 5.82 Å². The van der Waals surface area contributed by atoms with Crippen molar-refractivity contribution >= 4 is 11.8 Å². The highest BCUT2D eigenvalue weighted by Crippen LogP contribution is 2.05. The number of carbonyl (C=O) groups is 1. The zero-order chi connectivity index (χ0) is 12.7. The fraction of sp³-hybridized carbons (Fsp3) is 0.500. The fourth-order valence-electron chi connectivity index (χ4n) is 1.39. The zero-order valence-corrected chi connectivity index (χ0v) is 10.3. The molecule has 0 saturated heterocycles. The number of aromatic nitrogens is 1. The number of nitrogens with one attached hydrogen (secondary N) is 1. The molecule has 1 rings (SSSR count). The molecule has 0 aromatic carbocycles. The van der Waals surface area contributed by atoms with Crippen LogP contribution in [0.3, 0.4) is 0 Å². The lowest BCUT2D eigenvalue weighted by molar-refractivity contribution is 0.0696. The Labute approximate surface area is 101 Å². The van der Waals surface area contributed by atoms with Gasteiger partial charge in [0, 0.05) is 12.7 Å². The van der Waals surface area contributed by atoms with Gasteiger partial charge in [-0.1, -0.05) is 0 Å². The van der Waals surface area contributed by atoms with Crippen LogP contribution < -0.4 is 5.32 Å². The van der Waals surface area contributed by atoms with E-state index in [1.54, 1.807) is 12.1 Å². The molecule has 94 valence electrons. The van der Waals surface area contributed by atoms with E-state index >= 15 is 0 Å². The number of rotatable bonds is 7. The van der Waals surface area contributed by atoms with Crippen molar-refractivity contribution in [1.82, 2.24) is 9.88 Å². The van der Waals surface area contributed by atoms with Gasteiger partial charge < -0.3 is 15.3 Å². The van der Waals surface area contributed by atoms with Crippen molar-refractivity contribution in [3.8, 4) is 0 Å². The number of carboxylic acids is 1. The van der Waals surface area contributed by atoms with Gasteiger partial charge in [0.1, 0.15) is 5.82 Å². The summed E-state index contributed by atoms with van der Waals surface area (Å²) >= 11 is 0. The summed E-state index contributed by atoms with van der Waals surface area (Å²) in [5.74, 6) is -0.227. The van der Waals surface area contributed by atoms with E-state index in [0.29, 0.717) is 0 Å². The molecule has 5 heteroatoms. The van der Waals surface area contributed by atoms with E-state index in [1.165, 1.54) is 6.20 Å². The molecule has 0 radical (unpaired) electrons. The van der Waals surface area contributed by atoms with Crippen LogP contribution in [-0.2, 0) is 0 Å². The quantitative estimate of drug-likeness (QED) is 0.704. The van der Waals surface area contributed by atoms with Crippen molar-refractivity contribution in [2.75, 3.05) is 32.5 Å². The lowest BCUT2D eigenvalue weighted by atomic mass is 10.3. The van der Waals surface area contributed by atoms with Gasteiger partial charge in [0.2, 0.25) is 0 Å². The SMILES string of the molecule is CN(C)CCCCNc1ccc(C(=O)O)cn1. The number of nitrogens with zero attached hydrogens (tertiary/aromatic N) is 2. The van der Waals surface area contributed by atoms with Gasteiger partial charge in [0.05, 0.1) is 5.56 Å². The van der Waals surface area contributed by atoms with E-state index in [1.807, 2.05) is 0 Å². The topological polar surface area (TPSA) is 65.5 Å². The smallest absolute Gasteiger partial charge is 0.337 e. The Morgan fingerprint density at radius 3 is 2.71 bits per heavy atom. The summed E-state index contributed by atoms with van der Waals surface area (Å²) in [5, 5.41) is 11.9. The Balaban J connectivity index is 2.25. The molecule has 0 aliphatic heterocycles. The van der Waals surface area contributed by atoms with E-state index in [9.17, 15) is 4.79 Å². The number of aromatic carboxylic acids is 1. The number of hydrogen-bond donors (Lipinski definition) is 2. The van der Waals surface area contributed by atoms with Gasteiger partial charge in [-0.3, -0.25) is 0 Å². The maximum absolute atomic E-state index is 10.6. The van der Waals surface area contributed by atoms with E-state index in [0.717, 1.165) is 31.7 Å². The van der Waals surface area contributed by atoms with Crippen LogP contribution in [0.25, 0.3) is 0 Å². The monoisotopic (exact) mass is 237 g/mol. The van der Waals surface area contributed by atoms with Crippen LogP contribution in [0.5, 0.6) is 0 Å². The standard InChI is InChI=1S/C12H19N3O2/c1-15(2)8-4-3-7-13-11-6-5-10(9-14-11)12(16)17/h5-6,9H,3-4,7-8H2,1-2H3,(H,13,14)(H,16,17). The fourth-order valence-corrected chi connectivity index (χ4v) is 1.39. The molecular weight excluding hydrogens is 218 g/mol. The molecule has 0 atom stereocenters. The molecule has 1 aromatic heterocycles. The van der Waals surface area contributed by atoms with Crippen LogP contribution in [0.2, 0.25) is 0 Å². The molecule has 0 aliphatic rings. The molecule has 0 spiro atoms. The summed E-state index contributed by atoms with van der Waals surface area (Å²) < 4.78 is 0. The third kappa shape index (κ3) is 5.31. The molecule has 0 fully saturated rings. The van der Waals surface area contributed by atoms with Gasteiger partial charge in [-0.15, -0.1) is 0 Å². The van der Waals surface area contributed by atoms with Crippen molar-refractivity contribution in [1.29, 1.82) is 0 Å². The summed E-state index contributed by atoms with van der Waals surface area (Å²) in [6.07, 6.45) is 3.57. The molecule has 0 bridgehead atoms. The molecule has 5 nitrogen and oxygen atoms in total. The second kappa shape index (κ2) is 6.85. The minimum absolute atomic E-state index is 0.211. The third-order valence-corrected chi connectivity index (χ3v) is 2.35. The molecule has 1 aromatic rings. The average molecular weight is 237 g/mol. The minimum Gasteiger partial charge on any atom is -0.478 e. The summed E-state index contributed by atoms with van der Waals surface area (Å²) in [4.78, 5) is 16.8. The van der Waals surface area contributed by atoms with Gasteiger partial charge >= 0.3 is 5.97 Å². The third-order valence-electron chi connectivity index (χ3n) is 2.35. The number of pyridine rings is 1. The van der Waals surface area contributed by atoms with Crippen molar-refractivity contribution in [3.63, 3.8) is 0 Å². The van der Waals surface area contributed by atoms with Crippen LogP contribution in [0.1, 0.15) is 23.2 Å². The average Bonchev–Trinajstić information content (AvgIpc) is 2.29. The highest BCUT2D eigenvalue weighted by molar-refractivity contribution is 5.87. The Kier molecular flexibility index (Phi) is 5.42. The van der Waals surface area contributed by atoms with Crippen molar-refractivity contribution in [2.24, 2.45) is 0 Å². The summed E-state index contributed by atoms with van der Waals surface area (Å²) in [6.45, 7) is 1.93. The van der Waals surface area contributed by atoms with E-state index < -0.39 is 5.97 Å². The summed E-state index contributed by atoms with van der Waals surface area (Å²) in [7, 11) is 4.11. The molecular formula is C12H19N3O2. The van der Waals surface area contributed by atoms with Gasteiger partial charge in [0.15, 0.2) is 0 Å². The number of unbranched alkanes of at least 4 members (excludes halogenated alkanes) is 1. The van der Waals surface area contributed by atoms with Crippen LogP contribution in [-0.4, -0.2) is 48.1 Å². The predicted molar refractivity (Wildman–Crippen MR) is 67.5 cm³/mol. The first-order valence-electron chi connectivity index (χ1n) is 5.67. The molecule has 0 saturated carbocycles. The highest BCUT2D eigenvalue weighted by atomic mass is 16.4. The first kappa shape index (κ1) is 13.4. The predicted octanol–water partition coefficient (Wildman–Crippen LogP) is 1.53. The van der Waals surface area contributed by atoms with E-state index in [2.05, 4.69) is 29.3 Å². The van der Waals surface area contributed by atoms with Crippen molar-refractivity contribution in [2.45, 2.75) is 12.8 Å². The van der Waals surface area contributed by atoms with Crippen LogP contribution in [0.15, 0.2) is 18.3 Å². The Morgan fingerprint density at radius 1 is 1.41 bits per heavy atom. The maximum atomic E-state index is 10.6. The van der Waals surface area contributed by atoms with Crippen LogP contribution >= 0.6 is 0 Å². The molecule has 0 aliphatic carbocycles. The van der Waals surface area contributed by atoms with Gasteiger partial charge in [-0.2, -0.15) is 0 Å². The Bertz CT molecular complexity index is 349. The molecule has 0 amide bonds. The molecule has 1 heterocycles. The maximum Gasteiger partial charge on any atom is 0.337 e. The lowest BCUT2D eigenvalue weighted by Crippen LogP contribution is -2.14. The van der Waals surface area contributed by atoms with Gasteiger partial charge in [0.25, 0.3) is 0 Å². The molecule has 0 unspecified atom stereocenters. The second-order valence-corrected chi connectivity index (χ2v) is 4.17. The lowest BCUT2D eigenvalue weighted by Gasteiger charge is -2.09. The van der Waals surface area contributed by atoms with Gasteiger partial charge in [-0.25, -0.2) is 9.78 Å². The van der Waals surface area contributed by atoms with E-state index in [-0.39, 0.29) is 5.56 Å². The number of anilines is 1. The molecule has 2 N–H and O–H groups in total. The normalized spacial score (nSPS) is 10.5. The van der Waals surface area contributed by atoms with Gasteiger partial charge in [-0.05, 0) is 45.6 Å². The Morgan fingerprint density at radius 2 is 2.18 bits per heavy atom. The Hall–Kier alpha value is -1.62. The minimum atomic E-state index is -0.949. The number of carboxylic acid groups (broad SMARTS) is 1. The van der Waals surface area contributed by atoms with Crippen molar-refractivity contribution < 1.29 is 9.90 Å². The van der Waals surface area contributed by atoms with E-state index in [4.69, 9.17) is 5.11 Å². The van der Waals surface area contributed by atoms with Crippen molar-refractivity contribution in [3.05, 3.63) is 23.9 Å². The molecule has 17 heavy (non-hydrogen) atoms.